The van der Waals surface area contributed by atoms with E-state index in [1.807, 2.05) is 19.1 Å². The molecule has 20 heavy (non-hydrogen) atoms. The lowest BCUT2D eigenvalue weighted by molar-refractivity contribution is -0.157. The predicted molar refractivity (Wildman–Crippen MR) is 77.0 cm³/mol. The van der Waals surface area contributed by atoms with Gasteiger partial charge in [-0.1, -0.05) is 12.1 Å². The van der Waals surface area contributed by atoms with Crippen molar-refractivity contribution in [3.8, 4) is 5.75 Å². The second kappa shape index (κ2) is 6.41. The molecule has 0 heterocycles. The minimum atomic E-state index is -0.546. The SMILES string of the molecule is Cc1cccc(OCC(=O)OC(C)(C)C)c1N(C)C=O. The molecule has 0 unspecified atom stereocenters. The number of anilines is 1. The van der Waals surface area contributed by atoms with Gasteiger partial charge in [0.15, 0.2) is 6.61 Å². The molecule has 0 N–H and O–H groups in total. The molecule has 0 fully saturated rings. The van der Waals surface area contributed by atoms with Gasteiger partial charge in [0.2, 0.25) is 6.41 Å². The van der Waals surface area contributed by atoms with Crippen molar-refractivity contribution in [2.75, 3.05) is 18.6 Å². The van der Waals surface area contributed by atoms with Crippen molar-refractivity contribution in [1.29, 1.82) is 0 Å². The Morgan fingerprint density at radius 2 is 2.00 bits per heavy atom. The van der Waals surface area contributed by atoms with Crippen LogP contribution >= 0.6 is 0 Å². The van der Waals surface area contributed by atoms with Crippen LogP contribution in [0.15, 0.2) is 18.2 Å². The number of para-hydroxylation sites is 1. The fourth-order valence-corrected chi connectivity index (χ4v) is 1.76. The Balaban J connectivity index is 2.81. The maximum atomic E-state index is 11.6. The van der Waals surface area contributed by atoms with Gasteiger partial charge >= 0.3 is 5.97 Å². The van der Waals surface area contributed by atoms with E-state index in [1.54, 1.807) is 33.9 Å². The van der Waals surface area contributed by atoms with Crippen LogP contribution in [0.4, 0.5) is 5.69 Å². The Morgan fingerprint density at radius 1 is 1.35 bits per heavy atom. The maximum Gasteiger partial charge on any atom is 0.344 e. The van der Waals surface area contributed by atoms with Crippen molar-refractivity contribution in [1.82, 2.24) is 0 Å². The van der Waals surface area contributed by atoms with E-state index in [9.17, 15) is 9.59 Å². The summed E-state index contributed by atoms with van der Waals surface area (Å²) in [5.41, 5.74) is 0.988. The summed E-state index contributed by atoms with van der Waals surface area (Å²) in [4.78, 5) is 24.0. The van der Waals surface area contributed by atoms with Crippen molar-refractivity contribution in [2.24, 2.45) is 0 Å². The van der Waals surface area contributed by atoms with Crippen molar-refractivity contribution >= 4 is 18.1 Å². The molecular weight excluding hydrogens is 258 g/mol. The van der Waals surface area contributed by atoms with Gasteiger partial charge in [-0.3, -0.25) is 4.79 Å². The van der Waals surface area contributed by atoms with Gasteiger partial charge in [0.05, 0.1) is 5.69 Å². The van der Waals surface area contributed by atoms with Crippen LogP contribution in [0.1, 0.15) is 26.3 Å². The second-order valence-electron chi connectivity index (χ2n) is 5.51. The highest BCUT2D eigenvalue weighted by Gasteiger charge is 2.18. The Kier molecular flexibility index (Phi) is 5.13. The van der Waals surface area contributed by atoms with E-state index in [4.69, 9.17) is 9.47 Å². The highest BCUT2D eigenvalue weighted by Crippen LogP contribution is 2.30. The van der Waals surface area contributed by atoms with Crippen LogP contribution < -0.4 is 9.64 Å². The number of hydrogen-bond acceptors (Lipinski definition) is 4. The molecule has 0 bridgehead atoms. The van der Waals surface area contributed by atoms with Gasteiger partial charge in [-0.15, -0.1) is 0 Å². The molecule has 1 rings (SSSR count). The van der Waals surface area contributed by atoms with E-state index >= 15 is 0 Å². The zero-order valence-corrected chi connectivity index (χ0v) is 12.6. The molecule has 0 atom stereocenters. The van der Waals surface area contributed by atoms with E-state index in [0.29, 0.717) is 17.8 Å². The number of nitrogens with zero attached hydrogens (tertiary/aromatic N) is 1. The standard InChI is InChI=1S/C15H21NO4/c1-11-7-6-8-12(14(11)16(5)10-17)19-9-13(18)20-15(2,3)4/h6-8,10H,9H2,1-5H3. The summed E-state index contributed by atoms with van der Waals surface area (Å²) in [5.74, 6) is 0.0316. The van der Waals surface area contributed by atoms with E-state index in [-0.39, 0.29) is 6.61 Å². The lowest BCUT2D eigenvalue weighted by atomic mass is 10.1. The zero-order valence-electron chi connectivity index (χ0n) is 12.6. The molecule has 0 spiro atoms. The van der Waals surface area contributed by atoms with Gasteiger partial charge in [-0.25, -0.2) is 4.79 Å². The number of amides is 1. The van der Waals surface area contributed by atoms with E-state index in [2.05, 4.69) is 0 Å². The lowest BCUT2D eigenvalue weighted by Gasteiger charge is -2.21. The minimum Gasteiger partial charge on any atom is -0.480 e. The summed E-state index contributed by atoms with van der Waals surface area (Å²) >= 11 is 0. The van der Waals surface area contributed by atoms with Crippen LogP contribution in [0.5, 0.6) is 5.75 Å². The number of carbonyl (C=O) groups excluding carboxylic acids is 2. The molecule has 5 heteroatoms. The minimum absolute atomic E-state index is 0.194. The predicted octanol–water partition coefficient (Wildman–Crippen LogP) is 2.31. The molecule has 0 radical (unpaired) electrons. The summed E-state index contributed by atoms with van der Waals surface area (Å²) in [5, 5.41) is 0. The van der Waals surface area contributed by atoms with E-state index < -0.39 is 11.6 Å². The third-order valence-electron chi connectivity index (χ3n) is 2.48. The first-order chi connectivity index (χ1) is 9.24. The van der Waals surface area contributed by atoms with Crippen molar-refractivity contribution in [2.45, 2.75) is 33.3 Å². The Morgan fingerprint density at radius 3 is 2.55 bits per heavy atom. The third-order valence-corrected chi connectivity index (χ3v) is 2.48. The number of ether oxygens (including phenoxy) is 2. The van der Waals surface area contributed by atoms with Gasteiger partial charge in [-0.2, -0.15) is 0 Å². The van der Waals surface area contributed by atoms with Gasteiger partial charge in [0.25, 0.3) is 0 Å². The smallest absolute Gasteiger partial charge is 0.344 e. The molecule has 0 aliphatic heterocycles. The molecule has 1 amide bonds. The number of hydrogen-bond donors (Lipinski definition) is 0. The Labute approximate surface area is 119 Å². The van der Waals surface area contributed by atoms with Crippen molar-refractivity contribution < 1.29 is 19.1 Å². The van der Waals surface area contributed by atoms with Crippen LogP contribution in [0.3, 0.4) is 0 Å². The molecule has 110 valence electrons. The van der Waals surface area contributed by atoms with Gasteiger partial charge in [0.1, 0.15) is 11.4 Å². The molecule has 0 saturated carbocycles. The monoisotopic (exact) mass is 279 g/mol. The summed E-state index contributed by atoms with van der Waals surface area (Å²) in [6.45, 7) is 7.06. The number of esters is 1. The Hall–Kier alpha value is -2.04. The summed E-state index contributed by atoms with van der Waals surface area (Å²) in [7, 11) is 1.63. The van der Waals surface area contributed by atoms with Crippen LogP contribution in [-0.2, 0) is 14.3 Å². The normalized spacial score (nSPS) is 10.8. The van der Waals surface area contributed by atoms with Gasteiger partial charge in [-0.05, 0) is 39.3 Å². The number of carbonyl (C=O) groups is 2. The zero-order chi connectivity index (χ0) is 15.3. The average Bonchev–Trinajstić information content (AvgIpc) is 2.33. The first kappa shape index (κ1) is 16.0. The maximum absolute atomic E-state index is 11.6. The second-order valence-corrected chi connectivity index (χ2v) is 5.51. The molecule has 5 nitrogen and oxygen atoms in total. The first-order valence-electron chi connectivity index (χ1n) is 6.37. The van der Waals surface area contributed by atoms with Crippen molar-refractivity contribution in [3.05, 3.63) is 23.8 Å². The first-order valence-corrected chi connectivity index (χ1v) is 6.37. The largest absolute Gasteiger partial charge is 0.480 e. The fraction of sp³-hybridized carbons (Fsp3) is 0.467. The molecule has 1 aromatic carbocycles. The molecule has 0 aromatic heterocycles. The van der Waals surface area contributed by atoms with Crippen LogP contribution in [0, 0.1) is 6.92 Å². The molecule has 0 saturated heterocycles. The van der Waals surface area contributed by atoms with Crippen LogP contribution in [0.25, 0.3) is 0 Å². The molecule has 1 aromatic rings. The number of rotatable bonds is 5. The van der Waals surface area contributed by atoms with Crippen LogP contribution in [0.2, 0.25) is 0 Å². The quantitative estimate of drug-likeness (QED) is 0.613. The van der Waals surface area contributed by atoms with E-state index in [1.165, 1.54) is 4.90 Å². The number of benzene rings is 1. The van der Waals surface area contributed by atoms with E-state index in [0.717, 1.165) is 5.56 Å². The topological polar surface area (TPSA) is 55.8 Å². The summed E-state index contributed by atoms with van der Waals surface area (Å²) in [6.07, 6.45) is 0.697. The average molecular weight is 279 g/mol. The van der Waals surface area contributed by atoms with Gasteiger partial charge in [0, 0.05) is 7.05 Å². The fourth-order valence-electron chi connectivity index (χ4n) is 1.76. The summed E-state index contributed by atoms with van der Waals surface area (Å²) < 4.78 is 10.6. The summed E-state index contributed by atoms with van der Waals surface area (Å²) in [6, 6.07) is 5.39. The molecular formula is C15H21NO4. The highest BCUT2D eigenvalue weighted by atomic mass is 16.6. The number of aryl methyl sites for hydroxylation is 1. The lowest BCUT2D eigenvalue weighted by Crippen LogP contribution is -2.27. The third kappa shape index (κ3) is 4.57. The highest BCUT2D eigenvalue weighted by molar-refractivity contribution is 5.80. The molecule has 0 aliphatic rings. The van der Waals surface area contributed by atoms with Crippen LogP contribution in [-0.4, -0.2) is 31.6 Å². The van der Waals surface area contributed by atoms with Crippen molar-refractivity contribution in [3.63, 3.8) is 0 Å². The van der Waals surface area contributed by atoms with Gasteiger partial charge < -0.3 is 14.4 Å². The Bertz CT molecular complexity index is 491. The molecule has 0 aliphatic carbocycles.